The van der Waals surface area contributed by atoms with Crippen LogP contribution in [0.2, 0.25) is 10.0 Å². The van der Waals surface area contributed by atoms with Crippen LogP contribution in [0, 0.1) is 0 Å². The number of nitrogens with zero attached hydrogens (tertiary/aromatic N) is 1. The molecule has 0 aliphatic carbocycles. The average Bonchev–Trinajstić information content (AvgIpc) is 2.27. The standard InChI is InChI=1S/C12H9Cl2NO3/c1-2-18-12(17)9-5-10(16)11-7(14)3-6(13)4-8(11)15-9/h3-4H,2,5H2,1H3. The number of rotatable bonds is 2. The smallest absolute Gasteiger partial charge is 0.353 e. The Bertz CT molecular complexity index is 567. The van der Waals surface area contributed by atoms with Crippen LogP contribution in [0.3, 0.4) is 0 Å². The van der Waals surface area contributed by atoms with Crippen LogP contribution < -0.4 is 0 Å². The molecule has 0 atom stereocenters. The normalized spacial score (nSPS) is 13.9. The van der Waals surface area contributed by atoms with Crippen molar-refractivity contribution in [1.29, 1.82) is 0 Å². The van der Waals surface area contributed by atoms with Gasteiger partial charge in [0.05, 0.1) is 29.3 Å². The van der Waals surface area contributed by atoms with Gasteiger partial charge >= 0.3 is 5.97 Å². The minimum Gasteiger partial charge on any atom is -0.461 e. The average molecular weight is 286 g/mol. The molecule has 2 rings (SSSR count). The number of ether oxygens (including phenoxy) is 1. The van der Waals surface area contributed by atoms with Gasteiger partial charge < -0.3 is 4.74 Å². The number of carbonyl (C=O) groups is 2. The maximum absolute atomic E-state index is 11.9. The molecule has 0 aromatic heterocycles. The molecule has 18 heavy (non-hydrogen) atoms. The first-order valence-electron chi connectivity index (χ1n) is 5.30. The summed E-state index contributed by atoms with van der Waals surface area (Å²) in [6, 6.07) is 2.98. The monoisotopic (exact) mass is 285 g/mol. The van der Waals surface area contributed by atoms with Crippen LogP contribution in [0.5, 0.6) is 0 Å². The van der Waals surface area contributed by atoms with Crippen molar-refractivity contribution in [1.82, 2.24) is 0 Å². The van der Waals surface area contributed by atoms with Gasteiger partial charge in [0.25, 0.3) is 0 Å². The Kier molecular flexibility index (Phi) is 3.68. The van der Waals surface area contributed by atoms with E-state index in [1.54, 1.807) is 6.92 Å². The van der Waals surface area contributed by atoms with Gasteiger partial charge in [0.1, 0.15) is 5.71 Å². The zero-order valence-electron chi connectivity index (χ0n) is 9.50. The Hall–Kier alpha value is -1.39. The number of esters is 1. The van der Waals surface area contributed by atoms with Gasteiger partial charge in [0.15, 0.2) is 5.78 Å². The lowest BCUT2D eigenvalue weighted by atomic mass is 10.00. The van der Waals surface area contributed by atoms with Gasteiger partial charge in [-0.25, -0.2) is 9.79 Å². The van der Waals surface area contributed by atoms with E-state index in [1.165, 1.54) is 12.1 Å². The molecule has 0 bridgehead atoms. The lowest BCUT2D eigenvalue weighted by Gasteiger charge is -2.15. The molecular formula is C12H9Cl2NO3. The fourth-order valence-corrected chi connectivity index (χ4v) is 2.27. The van der Waals surface area contributed by atoms with Crippen molar-refractivity contribution < 1.29 is 14.3 Å². The van der Waals surface area contributed by atoms with Crippen molar-refractivity contribution in [2.75, 3.05) is 6.61 Å². The summed E-state index contributed by atoms with van der Waals surface area (Å²) in [5.41, 5.74) is 0.689. The predicted molar refractivity (Wildman–Crippen MR) is 69.1 cm³/mol. The van der Waals surface area contributed by atoms with Crippen molar-refractivity contribution in [3.63, 3.8) is 0 Å². The van der Waals surface area contributed by atoms with Gasteiger partial charge in [0.2, 0.25) is 0 Å². The van der Waals surface area contributed by atoms with E-state index >= 15 is 0 Å². The van der Waals surface area contributed by atoms with Gasteiger partial charge in [-0.1, -0.05) is 23.2 Å². The molecule has 6 heteroatoms. The Labute approximate surface area is 114 Å². The molecule has 1 aromatic carbocycles. The second-order valence-electron chi connectivity index (χ2n) is 3.66. The number of hydrogen-bond acceptors (Lipinski definition) is 4. The minimum absolute atomic E-state index is 0.0766. The minimum atomic E-state index is -0.590. The molecule has 1 heterocycles. The summed E-state index contributed by atoms with van der Waals surface area (Å²) in [6.45, 7) is 1.92. The molecule has 0 N–H and O–H groups in total. The Morgan fingerprint density at radius 1 is 1.44 bits per heavy atom. The zero-order chi connectivity index (χ0) is 13.3. The molecule has 1 aromatic rings. The molecule has 1 aliphatic heterocycles. The fraction of sp³-hybridized carbons (Fsp3) is 0.250. The summed E-state index contributed by atoms with van der Waals surface area (Å²) in [4.78, 5) is 27.6. The van der Waals surface area contributed by atoms with Gasteiger partial charge in [-0.3, -0.25) is 4.79 Å². The van der Waals surface area contributed by atoms with Crippen LogP contribution in [-0.2, 0) is 9.53 Å². The van der Waals surface area contributed by atoms with E-state index in [1.807, 2.05) is 0 Å². The molecule has 0 spiro atoms. The van der Waals surface area contributed by atoms with E-state index in [0.29, 0.717) is 16.3 Å². The summed E-state index contributed by atoms with van der Waals surface area (Å²) >= 11 is 11.8. The largest absolute Gasteiger partial charge is 0.461 e. The molecule has 0 saturated carbocycles. The Morgan fingerprint density at radius 2 is 2.17 bits per heavy atom. The first-order chi connectivity index (χ1) is 8.52. The number of hydrogen-bond donors (Lipinski definition) is 0. The Balaban J connectivity index is 2.49. The number of ketones is 1. The summed E-state index contributed by atoms with van der Waals surface area (Å²) in [5.74, 6) is -0.850. The topological polar surface area (TPSA) is 55.7 Å². The van der Waals surface area contributed by atoms with E-state index in [-0.39, 0.29) is 29.5 Å². The maximum Gasteiger partial charge on any atom is 0.353 e. The molecule has 94 valence electrons. The van der Waals surface area contributed by atoms with Crippen LogP contribution in [0.4, 0.5) is 5.69 Å². The molecule has 0 radical (unpaired) electrons. The Morgan fingerprint density at radius 3 is 2.83 bits per heavy atom. The first-order valence-corrected chi connectivity index (χ1v) is 6.05. The van der Waals surface area contributed by atoms with E-state index < -0.39 is 5.97 Å². The highest BCUT2D eigenvalue weighted by atomic mass is 35.5. The maximum atomic E-state index is 11.9. The van der Waals surface area contributed by atoms with Gasteiger partial charge in [-0.15, -0.1) is 0 Å². The van der Waals surface area contributed by atoms with E-state index in [4.69, 9.17) is 27.9 Å². The molecule has 0 unspecified atom stereocenters. The van der Waals surface area contributed by atoms with Crippen LogP contribution >= 0.6 is 23.2 Å². The summed E-state index contributed by atoms with van der Waals surface area (Å²) < 4.78 is 4.82. The highest BCUT2D eigenvalue weighted by Gasteiger charge is 2.27. The highest BCUT2D eigenvalue weighted by Crippen LogP contribution is 2.35. The van der Waals surface area contributed by atoms with Crippen molar-refractivity contribution in [3.05, 3.63) is 27.7 Å². The van der Waals surface area contributed by atoms with Gasteiger partial charge in [0, 0.05) is 5.02 Å². The van der Waals surface area contributed by atoms with Crippen LogP contribution in [0.1, 0.15) is 23.7 Å². The van der Waals surface area contributed by atoms with E-state index in [2.05, 4.69) is 4.99 Å². The number of halogens is 2. The highest BCUT2D eigenvalue weighted by molar-refractivity contribution is 6.45. The third-order valence-corrected chi connectivity index (χ3v) is 2.92. The summed E-state index contributed by atoms with van der Waals surface area (Å²) in [7, 11) is 0. The van der Waals surface area contributed by atoms with Crippen molar-refractivity contribution in [3.8, 4) is 0 Å². The summed E-state index contributed by atoms with van der Waals surface area (Å²) in [6.07, 6.45) is -0.104. The zero-order valence-corrected chi connectivity index (χ0v) is 11.0. The van der Waals surface area contributed by atoms with E-state index in [0.717, 1.165) is 0 Å². The van der Waals surface area contributed by atoms with Crippen LogP contribution in [0.15, 0.2) is 17.1 Å². The summed E-state index contributed by atoms with van der Waals surface area (Å²) in [5, 5.41) is 0.606. The number of aliphatic imine (C=N–C) groups is 1. The molecule has 1 aliphatic rings. The molecule has 0 amide bonds. The second kappa shape index (κ2) is 5.08. The third-order valence-electron chi connectivity index (χ3n) is 2.41. The van der Waals surface area contributed by atoms with Gasteiger partial charge in [-0.2, -0.15) is 0 Å². The number of Topliss-reactive ketones (excluding diaryl/α,β-unsaturated/α-hetero) is 1. The number of fused-ring (bicyclic) bond motifs is 1. The van der Waals surface area contributed by atoms with Crippen LogP contribution in [0.25, 0.3) is 0 Å². The first kappa shape index (κ1) is 13.1. The van der Waals surface area contributed by atoms with Crippen molar-refractivity contribution in [2.45, 2.75) is 13.3 Å². The second-order valence-corrected chi connectivity index (χ2v) is 4.50. The SMILES string of the molecule is CCOC(=O)C1=Nc2cc(Cl)cc(Cl)c2C(=O)C1. The van der Waals surface area contributed by atoms with E-state index in [9.17, 15) is 9.59 Å². The van der Waals surface area contributed by atoms with Crippen LogP contribution in [-0.4, -0.2) is 24.1 Å². The quantitative estimate of drug-likeness (QED) is 0.784. The predicted octanol–water partition coefficient (Wildman–Crippen LogP) is 3.22. The van der Waals surface area contributed by atoms with Crippen molar-refractivity contribution in [2.24, 2.45) is 4.99 Å². The van der Waals surface area contributed by atoms with Crippen molar-refractivity contribution >= 4 is 46.4 Å². The third kappa shape index (κ3) is 2.40. The molecule has 0 saturated heterocycles. The number of carbonyl (C=O) groups excluding carboxylic acids is 2. The molecule has 4 nitrogen and oxygen atoms in total. The fourth-order valence-electron chi connectivity index (χ4n) is 1.68. The molecule has 0 fully saturated rings. The molecular weight excluding hydrogens is 277 g/mol. The van der Waals surface area contributed by atoms with Gasteiger partial charge in [-0.05, 0) is 19.1 Å². The number of benzene rings is 1. The lowest BCUT2D eigenvalue weighted by molar-refractivity contribution is -0.135. The lowest BCUT2D eigenvalue weighted by Crippen LogP contribution is -2.23.